The molecule has 0 N–H and O–H groups in total. The van der Waals surface area contributed by atoms with Crippen molar-refractivity contribution in [2.45, 2.75) is 18.2 Å². The van der Waals surface area contributed by atoms with Gasteiger partial charge in [-0.25, -0.2) is 13.4 Å². The van der Waals surface area contributed by atoms with E-state index >= 15 is 0 Å². The SMILES string of the molecule is CCN(c1ccccc1)S(=O)(=O)c1ccc(C(=O)N(CCCN(C)C)c2nc3ccccc3s2)cc1.Cl. The number of nitrogens with zero attached hydrogens (tertiary/aromatic N) is 4. The Bertz CT molecular complexity index is 1390. The molecular formula is C27H31ClN4O3S2. The lowest BCUT2D eigenvalue weighted by molar-refractivity contribution is 0.0986. The van der Waals surface area contributed by atoms with Crippen molar-refractivity contribution in [3.8, 4) is 0 Å². The van der Waals surface area contributed by atoms with Gasteiger partial charge in [0.15, 0.2) is 5.13 Å². The Balaban J connectivity index is 0.00000380. The number of fused-ring (bicyclic) bond motifs is 1. The fourth-order valence-electron chi connectivity index (χ4n) is 3.94. The number of rotatable bonds is 10. The van der Waals surface area contributed by atoms with E-state index in [0.717, 1.165) is 23.2 Å². The first kappa shape index (κ1) is 28.6. The van der Waals surface area contributed by atoms with Gasteiger partial charge in [-0.05, 0) is 82.5 Å². The fourth-order valence-corrected chi connectivity index (χ4v) is 6.41. The third-order valence-electron chi connectivity index (χ3n) is 5.77. The van der Waals surface area contributed by atoms with Gasteiger partial charge < -0.3 is 4.90 Å². The number of hydrogen-bond donors (Lipinski definition) is 0. The van der Waals surface area contributed by atoms with E-state index < -0.39 is 10.0 Å². The molecule has 0 saturated carbocycles. The molecule has 7 nitrogen and oxygen atoms in total. The summed E-state index contributed by atoms with van der Waals surface area (Å²) < 4.78 is 29.0. The first-order chi connectivity index (χ1) is 17.3. The van der Waals surface area contributed by atoms with Crippen LogP contribution in [0.5, 0.6) is 0 Å². The summed E-state index contributed by atoms with van der Waals surface area (Å²) in [6.45, 7) is 3.43. The van der Waals surface area contributed by atoms with Crippen LogP contribution in [-0.4, -0.2) is 57.9 Å². The van der Waals surface area contributed by atoms with Crippen molar-refractivity contribution < 1.29 is 13.2 Å². The number of para-hydroxylation sites is 2. The highest BCUT2D eigenvalue weighted by molar-refractivity contribution is 7.92. The van der Waals surface area contributed by atoms with Crippen molar-refractivity contribution in [3.63, 3.8) is 0 Å². The number of thiazole rings is 1. The Kier molecular flexibility index (Phi) is 9.67. The van der Waals surface area contributed by atoms with Gasteiger partial charge in [-0.2, -0.15) is 0 Å². The minimum Gasteiger partial charge on any atom is -0.309 e. The Hall–Kier alpha value is -2.98. The highest BCUT2D eigenvalue weighted by Gasteiger charge is 2.25. The molecule has 1 amide bonds. The second kappa shape index (κ2) is 12.5. The molecule has 0 fully saturated rings. The highest BCUT2D eigenvalue weighted by Crippen LogP contribution is 2.30. The molecule has 0 bridgehead atoms. The summed E-state index contributed by atoms with van der Waals surface area (Å²) in [7, 11) is 0.229. The van der Waals surface area contributed by atoms with Crippen molar-refractivity contribution in [2.24, 2.45) is 0 Å². The Labute approximate surface area is 228 Å². The number of amides is 1. The van der Waals surface area contributed by atoms with E-state index in [1.807, 2.05) is 56.6 Å². The lowest BCUT2D eigenvalue weighted by atomic mass is 10.2. The van der Waals surface area contributed by atoms with Gasteiger partial charge in [0.05, 0.1) is 20.8 Å². The molecule has 0 aliphatic heterocycles. The third-order valence-corrected chi connectivity index (χ3v) is 8.74. The number of sulfonamides is 1. The minimum absolute atomic E-state index is 0. The monoisotopic (exact) mass is 558 g/mol. The summed E-state index contributed by atoms with van der Waals surface area (Å²) >= 11 is 1.48. The molecule has 4 rings (SSSR count). The largest absolute Gasteiger partial charge is 0.309 e. The molecule has 3 aromatic carbocycles. The van der Waals surface area contributed by atoms with E-state index in [1.54, 1.807) is 36.1 Å². The Morgan fingerprint density at radius 1 is 0.892 bits per heavy atom. The summed E-state index contributed by atoms with van der Waals surface area (Å²) in [6.07, 6.45) is 0.781. The number of hydrogen-bond acceptors (Lipinski definition) is 6. The van der Waals surface area contributed by atoms with Gasteiger partial charge in [0.2, 0.25) is 0 Å². The van der Waals surface area contributed by atoms with Crippen LogP contribution in [0.15, 0.2) is 83.8 Å². The highest BCUT2D eigenvalue weighted by atomic mass is 35.5. The van der Waals surface area contributed by atoms with E-state index in [-0.39, 0.29) is 23.2 Å². The van der Waals surface area contributed by atoms with Gasteiger partial charge in [0, 0.05) is 18.7 Å². The van der Waals surface area contributed by atoms with E-state index in [1.165, 1.54) is 27.8 Å². The maximum absolute atomic E-state index is 13.6. The predicted octanol–water partition coefficient (Wildman–Crippen LogP) is 5.53. The number of aromatic nitrogens is 1. The van der Waals surface area contributed by atoms with Crippen molar-refractivity contribution >= 4 is 60.7 Å². The quantitative estimate of drug-likeness (QED) is 0.256. The third kappa shape index (κ3) is 6.48. The van der Waals surface area contributed by atoms with E-state index in [4.69, 9.17) is 0 Å². The second-order valence-electron chi connectivity index (χ2n) is 8.61. The number of carbonyl (C=O) groups is 1. The zero-order chi connectivity index (χ0) is 25.7. The second-order valence-corrected chi connectivity index (χ2v) is 11.5. The average Bonchev–Trinajstić information content (AvgIpc) is 3.31. The molecule has 0 atom stereocenters. The molecular weight excluding hydrogens is 528 g/mol. The molecule has 0 aliphatic rings. The van der Waals surface area contributed by atoms with Crippen LogP contribution in [0, 0.1) is 0 Å². The predicted molar refractivity (Wildman–Crippen MR) is 155 cm³/mol. The van der Waals surface area contributed by atoms with Crippen LogP contribution in [0.2, 0.25) is 0 Å². The van der Waals surface area contributed by atoms with Crippen molar-refractivity contribution in [2.75, 3.05) is 42.9 Å². The number of anilines is 2. The first-order valence-corrected chi connectivity index (χ1v) is 14.1. The normalized spacial score (nSPS) is 11.4. The standard InChI is InChI=1S/C27H30N4O3S2.ClH/c1-4-31(22-11-6-5-7-12-22)36(33,34)23-17-15-21(16-18-23)26(32)30(20-10-19-29(2)3)27-28-24-13-8-9-14-25(24)35-27;/h5-9,11-18H,4,10,19-20H2,1-3H3;1H. The topological polar surface area (TPSA) is 73.8 Å². The van der Waals surface area contributed by atoms with Crippen LogP contribution in [0.1, 0.15) is 23.7 Å². The maximum atomic E-state index is 13.6. The van der Waals surface area contributed by atoms with Crippen molar-refractivity contribution in [1.29, 1.82) is 0 Å². The summed E-state index contributed by atoms with van der Waals surface area (Å²) in [6, 6.07) is 23.0. The molecule has 0 saturated heterocycles. The van der Waals surface area contributed by atoms with Gasteiger partial charge in [-0.1, -0.05) is 41.7 Å². The maximum Gasteiger partial charge on any atom is 0.264 e. The smallest absolute Gasteiger partial charge is 0.264 e. The zero-order valence-electron chi connectivity index (χ0n) is 21.1. The van der Waals surface area contributed by atoms with Crippen LogP contribution in [0.25, 0.3) is 10.2 Å². The van der Waals surface area contributed by atoms with Gasteiger partial charge in [-0.15, -0.1) is 12.4 Å². The van der Waals surface area contributed by atoms with Crippen molar-refractivity contribution in [3.05, 3.63) is 84.4 Å². The van der Waals surface area contributed by atoms with Crippen LogP contribution in [0.4, 0.5) is 10.8 Å². The van der Waals surface area contributed by atoms with Crippen LogP contribution < -0.4 is 9.21 Å². The zero-order valence-corrected chi connectivity index (χ0v) is 23.5. The summed E-state index contributed by atoms with van der Waals surface area (Å²) in [5.74, 6) is -0.202. The Morgan fingerprint density at radius 2 is 1.54 bits per heavy atom. The summed E-state index contributed by atoms with van der Waals surface area (Å²) in [5, 5.41) is 0.637. The van der Waals surface area contributed by atoms with Crippen LogP contribution >= 0.6 is 23.7 Å². The lowest BCUT2D eigenvalue weighted by Crippen LogP contribution is -2.33. The summed E-state index contributed by atoms with van der Waals surface area (Å²) in [4.78, 5) is 22.2. The van der Waals surface area contributed by atoms with Crippen LogP contribution in [-0.2, 0) is 10.0 Å². The Morgan fingerprint density at radius 3 is 2.16 bits per heavy atom. The van der Waals surface area contributed by atoms with Crippen LogP contribution in [0.3, 0.4) is 0 Å². The molecule has 4 aromatic rings. The van der Waals surface area contributed by atoms with Gasteiger partial charge in [0.1, 0.15) is 0 Å². The van der Waals surface area contributed by atoms with Gasteiger partial charge in [-0.3, -0.25) is 14.0 Å². The molecule has 0 spiro atoms. The van der Waals surface area contributed by atoms with Crippen molar-refractivity contribution in [1.82, 2.24) is 9.88 Å². The summed E-state index contributed by atoms with van der Waals surface area (Å²) in [5.41, 5.74) is 1.87. The molecule has 0 aliphatic carbocycles. The lowest BCUT2D eigenvalue weighted by Gasteiger charge is -2.23. The minimum atomic E-state index is -3.77. The molecule has 0 unspecified atom stereocenters. The number of carbonyl (C=O) groups excluding carboxylic acids is 1. The molecule has 10 heteroatoms. The van der Waals surface area contributed by atoms with E-state index in [2.05, 4.69) is 9.88 Å². The molecule has 0 radical (unpaired) electrons. The van der Waals surface area contributed by atoms with E-state index in [0.29, 0.717) is 29.5 Å². The molecule has 1 heterocycles. The van der Waals surface area contributed by atoms with Gasteiger partial charge >= 0.3 is 0 Å². The molecule has 1 aromatic heterocycles. The first-order valence-electron chi connectivity index (χ1n) is 11.8. The number of halogens is 1. The average molecular weight is 559 g/mol. The van der Waals surface area contributed by atoms with Gasteiger partial charge in [0.25, 0.3) is 15.9 Å². The molecule has 37 heavy (non-hydrogen) atoms. The molecule has 196 valence electrons. The fraction of sp³-hybridized carbons (Fsp3) is 0.259. The number of benzene rings is 3. The van der Waals surface area contributed by atoms with E-state index in [9.17, 15) is 13.2 Å².